The van der Waals surface area contributed by atoms with Crippen molar-refractivity contribution >= 4 is 27.8 Å². The molecule has 2 N–H and O–H groups in total. The Labute approximate surface area is 87.1 Å². The zero-order valence-electron chi connectivity index (χ0n) is 8.44. The van der Waals surface area contributed by atoms with Crippen LogP contribution >= 0.6 is 0 Å². The summed E-state index contributed by atoms with van der Waals surface area (Å²) in [6, 6.07) is 12.4. The summed E-state index contributed by atoms with van der Waals surface area (Å²) in [6.45, 7) is 0. The van der Waals surface area contributed by atoms with Gasteiger partial charge in [-0.3, -0.25) is 0 Å². The minimum Gasteiger partial charge on any atom is -0.369 e. The number of rotatable bonds is 0. The molecule has 1 heterocycles. The molecule has 3 nitrogen and oxygen atoms in total. The number of nitrogens with zero attached hydrogens (tertiary/aromatic N) is 2. The molecule has 0 unspecified atom stereocenters. The van der Waals surface area contributed by atoms with Crippen LogP contribution in [0.15, 0.2) is 36.4 Å². The number of imidazole rings is 1. The molecule has 74 valence electrons. The van der Waals surface area contributed by atoms with Gasteiger partial charge < -0.3 is 10.3 Å². The van der Waals surface area contributed by atoms with E-state index in [4.69, 9.17) is 5.73 Å². The van der Waals surface area contributed by atoms with Crippen molar-refractivity contribution in [2.45, 2.75) is 0 Å². The molecule has 2 aromatic carbocycles. The largest absolute Gasteiger partial charge is 0.369 e. The number of fused-ring (bicyclic) bond motifs is 2. The van der Waals surface area contributed by atoms with Gasteiger partial charge in [0.2, 0.25) is 5.95 Å². The van der Waals surface area contributed by atoms with E-state index >= 15 is 0 Å². The van der Waals surface area contributed by atoms with Gasteiger partial charge in [0.05, 0.1) is 11.0 Å². The van der Waals surface area contributed by atoms with Crippen LogP contribution in [0.3, 0.4) is 0 Å². The molecule has 0 fully saturated rings. The molecule has 1 aromatic heterocycles. The highest BCUT2D eigenvalue weighted by molar-refractivity contribution is 5.96. The highest BCUT2D eigenvalue weighted by atomic mass is 15.1. The standard InChI is InChI=1S/C12H11N3/c1-15-11-7-9-5-3-2-4-8(9)6-10(11)14-12(15)13/h2-7H,1H3,(H2,13,14). The zero-order chi connectivity index (χ0) is 10.4. The van der Waals surface area contributed by atoms with Crippen LogP contribution in [0.2, 0.25) is 0 Å². The predicted molar refractivity (Wildman–Crippen MR) is 62.6 cm³/mol. The number of aryl methyl sites for hydroxylation is 1. The lowest BCUT2D eigenvalue weighted by Crippen LogP contribution is -1.95. The number of hydrogen-bond acceptors (Lipinski definition) is 2. The van der Waals surface area contributed by atoms with Gasteiger partial charge in [0.15, 0.2) is 0 Å². The van der Waals surface area contributed by atoms with Gasteiger partial charge in [-0.05, 0) is 22.9 Å². The lowest BCUT2D eigenvalue weighted by molar-refractivity contribution is 0.966. The molecule has 15 heavy (non-hydrogen) atoms. The first-order valence-electron chi connectivity index (χ1n) is 4.86. The first-order chi connectivity index (χ1) is 7.25. The first-order valence-corrected chi connectivity index (χ1v) is 4.86. The van der Waals surface area contributed by atoms with E-state index in [1.165, 1.54) is 10.8 Å². The molecule has 0 amide bonds. The second-order valence-electron chi connectivity index (χ2n) is 3.72. The lowest BCUT2D eigenvalue weighted by Gasteiger charge is -1.99. The molecule has 0 saturated heterocycles. The molecule has 0 radical (unpaired) electrons. The average molecular weight is 197 g/mol. The van der Waals surface area contributed by atoms with Gasteiger partial charge in [-0.25, -0.2) is 4.98 Å². The smallest absolute Gasteiger partial charge is 0.200 e. The number of anilines is 1. The molecular formula is C12H11N3. The number of nitrogen functional groups attached to an aromatic ring is 1. The maximum atomic E-state index is 5.77. The maximum Gasteiger partial charge on any atom is 0.200 e. The summed E-state index contributed by atoms with van der Waals surface area (Å²) in [4.78, 5) is 4.30. The van der Waals surface area contributed by atoms with Crippen LogP contribution in [0, 0.1) is 0 Å². The van der Waals surface area contributed by atoms with E-state index in [9.17, 15) is 0 Å². The van der Waals surface area contributed by atoms with Gasteiger partial charge in [0, 0.05) is 7.05 Å². The van der Waals surface area contributed by atoms with Gasteiger partial charge in [-0.2, -0.15) is 0 Å². The quantitative estimate of drug-likeness (QED) is 0.601. The molecule has 3 aromatic rings. The molecule has 0 aliphatic carbocycles. The van der Waals surface area contributed by atoms with E-state index in [2.05, 4.69) is 29.2 Å². The SMILES string of the molecule is Cn1c(N)nc2cc3ccccc3cc21. The Morgan fingerprint density at radius 2 is 1.80 bits per heavy atom. The summed E-state index contributed by atoms with van der Waals surface area (Å²) in [5, 5.41) is 2.41. The van der Waals surface area contributed by atoms with Crippen molar-refractivity contribution in [3.8, 4) is 0 Å². The Morgan fingerprint density at radius 1 is 1.13 bits per heavy atom. The molecule has 0 saturated carbocycles. The Balaban J connectivity index is 2.53. The van der Waals surface area contributed by atoms with Gasteiger partial charge >= 0.3 is 0 Å². The van der Waals surface area contributed by atoms with Crippen molar-refractivity contribution in [3.63, 3.8) is 0 Å². The maximum absolute atomic E-state index is 5.77. The Kier molecular flexibility index (Phi) is 1.51. The third-order valence-electron chi connectivity index (χ3n) is 2.78. The van der Waals surface area contributed by atoms with Crippen LogP contribution in [0.5, 0.6) is 0 Å². The summed E-state index contributed by atoms with van der Waals surface area (Å²) in [5.74, 6) is 0.556. The fourth-order valence-electron chi connectivity index (χ4n) is 1.90. The second-order valence-corrected chi connectivity index (χ2v) is 3.72. The van der Waals surface area contributed by atoms with E-state index in [0.29, 0.717) is 5.95 Å². The molecule has 0 atom stereocenters. The van der Waals surface area contributed by atoms with Crippen LogP contribution in [0.25, 0.3) is 21.8 Å². The Bertz CT molecular complexity index is 652. The van der Waals surface area contributed by atoms with Gasteiger partial charge in [-0.1, -0.05) is 24.3 Å². The Morgan fingerprint density at radius 3 is 2.53 bits per heavy atom. The highest BCUT2D eigenvalue weighted by Crippen LogP contribution is 2.23. The monoisotopic (exact) mass is 197 g/mol. The number of aromatic nitrogens is 2. The summed E-state index contributed by atoms with van der Waals surface area (Å²) in [7, 11) is 1.93. The van der Waals surface area contributed by atoms with E-state index in [-0.39, 0.29) is 0 Å². The van der Waals surface area contributed by atoms with Crippen molar-refractivity contribution in [1.82, 2.24) is 9.55 Å². The molecule has 3 heteroatoms. The number of benzene rings is 2. The van der Waals surface area contributed by atoms with Crippen molar-refractivity contribution < 1.29 is 0 Å². The third kappa shape index (κ3) is 1.09. The summed E-state index contributed by atoms with van der Waals surface area (Å²) >= 11 is 0. The van der Waals surface area contributed by atoms with Crippen LogP contribution in [-0.2, 0) is 7.05 Å². The van der Waals surface area contributed by atoms with Crippen molar-refractivity contribution in [2.24, 2.45) is 7.05 Å². The topological polar surface area (TPSA) is 43.8 Å². The molecule has 0 aliphatic heterocycles. The van der Waals surface area contributed by atoms with Crippen molar-refractivity contribution in [3.05, 3.63) is 36.4 Å². The van der Waals surface area contributed by atoms with E-state index in [1.807, 2.05) is 23.7 Å². The van der Waals surface area contributed by atoms with Gasteiger partial charge in [-0.15, -0.1) is 0 Å². The summed E-state index contributed by atoms with van der Waals surface area (Å²) < 4.78 is 1.90. The van der Waals surface area contributed by atoms with Crippen molar-refractivity contribution in [1.29, 1.82) is 0 Å². The van der Waals surface area contributed by atoms with E-state index < -0.39 is 0 Å². The molecular weight excluding hydrogens is 186 g/mol. The normalized spacial score (nSPS) is 11.3. The van der Waals surface area contributed by atoms with Crippen LogP contribution in [-0.4, -0.2) is 9.55 Å². The molecule has 0 aliphatic rings. The summed E-state index contributed by atoms with van der Waals surface area (Å²) in [6.07, 6.45) is 0. The van der Waals surface area contributed by atoms with Crippen molar-refractivity contribution in [2.75, 3.05) is 5.73 Å². The van der Waals surface area contributed by atoms with Crippen LogP contribution in [0.1, 0.15) is 0 Å². The number of nitrogens with two attached hydrogens (primary N) is 1. The second kappa shape index (κ2) is 2.73. The minimum absolute atomic E-state index is 0.556. The number of hydrogen-bond donors (Lipinski definition) is 1. The van der Waals surface area contributed by atoms with Crippen LogP contribution in [0.4, 0.5) is 5.95 Å². The molecule has 0 spiro atoms. The highest BCUT2D eigenvalue weighted by Gasteiger charge is 2.05. The predicted octanol–water partition coefficient (Wildman–Crippen LogP) is 2.31. The van der Waals surface area contributed by atoms with E-state index in [0.717, 1.165) is 11.0 Å². The third-order valence-corrected chi connectivity index (χ3v) is 2.78. The lowest BCUT2D eigenvalue weighted by atomic mass is 10.1. The molecule has 3 rings (SSSR count). The molecule has 0 bridgehead atoms. The summed E-state index contributed by atoms with van der Waals surface area (Å²) in [5.41, 5.74) is 7.79. The fourth-order valence-corrected chi connectivity index (χ4v) is 1.90. The Hall–Kier alpha value is -2.03. The first kappa shape index (κ1) is 8.29. The van der Waals surface area contributed by atoms with E-state index in [1.54, 1.807) is 0 Å². The fraction of sp³-hybridized carbons (Fsp3) is 0.0833. The van der Waals surface area contributed by atoms with Gasteiger partial charge in [0.1, 0.15) is 0 Å². The zero-order valence-corrected chi connectivity index (χ0v) is 8.44. The van der Waals surface area contributed by atoms with Gasteiger partial charge in [0.25, 0.3) is 0 Å². The van der Waals surface area contributed by atoms with Crippen LogP contribution < -0.4 is 5.73 Å². The minimum atomic E-state index is 0.556. The average Bonchev–Trinajstić information content (AvgIpc) is 2.52.